The van der Waals surface area contributed by atoms with Crippen LogP contribution in [0.25, 0.3) is 0 Å². The van der Waals surface area contributed by atoms with Crippen molar-refractivity contribution in [3.63, 3.8) is 0 Å². The molecule has 0 radical (unpaired) electrons. The molecule has 0 unspecified atom stereocenters. The van der Waals surface area contributed by atoms with Gasteiger partial charge in [0.2, 0.25) is 0 Å². The normalized spacial score (nSPS) is 12.9. The van der Waals surface area contributed by atoms with Gasteiger partial charge in [-0.1, -0.05) is 0 Å². The van der Waals surface area contributed by atoms with Crippen LogP contribution in [0.2, 0.25) is 0 Å². The van der Waals surface area contributed by atoms with E-state index < -0.39 is 10.1 Å². The number of quaternary nitrogens is 1. The molecule has 17 heavy (non-hydrogen) atoms. The predicted octanol–water partition coefficient (Wildman–Crippen LogP) is 0.00370. The lowest BCUT2D eigenvalue weighted by Crippen LogP contribution is -2.49. The Morgan fingerprint density at radius 3 is 1.88 bits per heavy atom. The molecule has 0 fully saturated rings. The van der Waals surface area contributed by atoms with E-state index in [1.165, 1.54) is 0 Å². The minimum atomic E-state index is -3.86. The SMILES string of the molecule is COCC[N+](C)(CCCS(=O)(=O)O)CCOC. The summed E-state index contributed by atoms with van der Waals surface area (Å²) in [4.78, 5) is 0. The van der Waals surface area contributed by atoms with Gasteiger partial charge in [-0.15, -0.1) is 0 Å². The van der Waals surface area contributed by atoms with Crippen molar-refractivity contribution in [1.29, 1.82) is 0 Å². The van der Waals surface area contributed by atoms with Crippen molar-refractivity contribution >= 4 is 10.1 Å². The Kier molecular flexibility index (Phi) is 7.89. The monoisotopic (exact) mass is 270 g/mol. The molecule has 6 nitrogen and oxygen atoms in total. The molecule has 0 amide bonds. The summed E-state index contributed by atoms with van der Waals surface area (Å²) >= 11 is 0. The first-order valence-corrected chi connectivity index (χ1v) is 7.20. The summed E-state index contributed by atoms with van der Waals surface area (Å²) in [7, 11) is 1.45. The molecule has 0 aromatic rings. The van der Waals surface area contributed by atoms with Crippen molar-refractivity contribution in [2.24, 2.45) is 0 Å². The van der Waals surface area contributed by atoms with Gasteiger partial charge >= 0.3 is 0 Å². The van der Waals surface area contributed by atoms with Crippen molar-refractivity contribution in [2.45, 2.75) is 6.42 Å². The minimum absolute atomic E-state index is 0.194. The second-order valence-electron chi connectivity index (χ2n) is 4.42. The van der Waals surface area contributed by atoms with Crippen LogP contribution < -0.4 is 0 Å². The molecule has 0 rings (SSSR count). The Labute approximate surface area is 104 Å². The molecule has 0 bridgehead atoms. The molecule has 104 valence electrons. The molecular weight excluding hydrogens is 246 g/mol. The molecule has 7 heteroatoms. The van der Waals surface area contributed by atoms with Gasteiger partial charge < -0.3 is 14.0 Å². The van der Waals surface area contributed by atoms with Gasteiger partial charge in [0.15, 0.2) is 0 Å². The minimum Gasteiger partial charge on any atom is -0.379 e. The average molecular weight is 270 g/mol. The highest BCUT2D eigenvalue weighted by Gasteiger charge is 2.21. The third-order valence-corrected chi connectivity index (χ3v) is 3.58. The van der Waals surface area contributed by atoms with Crippen molar-refractivity contribution in [1.82, 2.24) is 0 Å². The first kappa shape index (κ1) is 16.8. The molecule has 0 atom stereocenters. The predicted molar refractivity (Wildman–Crippen MR) is 65.6 cm³/mol. The summed E-state index contributed by atoms with van der Waals surface area (Å²) < 4.78 is 40.7. The Bertz CT molecular complexity index is 283. The maximum absolute atomic E-state index is 10.6. The summed E-state index contributed by atoms with van der Waals surface area (Å²) in [5, 5.41) is 0. The van der Waals surface area contributed by atoms with Crippen LogP contribution in [-0.4, -0.2) is 77.3 Å². The van der Waals surface area contributed by atoms with E-state index in [-0.39, 0.29) is 5.75 Å². The maximum Gasteiger partial charge on any atom is 0.265 e. The highest BCUT2D eigenvalue weighted by atomic mass is 32.2. The highest BCUT2D eigenvalue weighted by Crippen LogP contribution is 2.05. The summed E-state index contributed by atoms with van der Waals surface area (Å²) in [5.41, 5.74) is 0. The second-order valence-corrected chi connectivity index (χ2v) is 5.99. The lowest BCUT2D eigenvalue weighted by atomic mass is 10.3. The number of nitrogens with zero attached hydrogens (tertiary/aromatic N) is 1. The summed E-state index contributed by atoms with van der Waals surface area (Å²) in [6.45, 7) is 3.50. The van der Waals surface area contributed by atoms with Gasteiger partial charge in [-0.3, -0.25) is 4.55 Å². The fourth-order valence-corrected chi connectivity index (χ4v) is 2.08. The third-order valence-electron chi connectivity index (χ3n) is 2.77. The van der Waals surface area contributed by atoms with Gasteiger partial charge in [-0.2, -0.15) is 8.42 Å². The van der Waals surface area contributed by atoms with Gasteiger partial charge in [-0.25, -0.2) is 0 Å². The van der Waals surface area contributed by atoms with E-state index in [2.05, 4.69) is 0 Å². The van der Waals surface area contributed by atoms with Crippen molar-refractivity contribution in [2.75, 3.05) is 59.9 Å². The highest BCUT2D eigenvalue weighted by molar-refractivity contribution is 7.85. The molecule has 0 aromatic heterocycles. The van der Waals surface area contributed by atoms with Crippen molar-refractivity contribution < 1.29 is 26.9 Å². The van der Waals surface area contributed by atoms with Crippen molar-refractivity contribution in [3.8, 4) is 0 Å². The number of hydrogen-bond donors (Lipinski definition) is 1. The Morgan fingerprint density at radius 1 is 1.06 bits per heavy atom. The number of likely N-dealkylation sites (N-methyl/N-ethyl adjacent to an activating group) is 1. The number of methoxy groups -OCH3 is 2. The van der Waals surface area contributed by atoms with Crippen LogP contribution in [0.5, 0.6) is 0 Å². The first-order chi connectivity index (χ1) is 7.83. The van der Waals surface area contributed by atoms with Gasteiger partial charge in [0.05, 0.1) is 32.6 Å². The molecule has 0 aliphatic carbocycles. The topological polar surface area (TPSA) is 72.8 Å². The zero-order chi connectivity index (χ0) is 13.4. The average Bonchev–Trinajstić information content (AvgIpc) is 2.22. The molecule has 0 spiro atoms. The molecule has 0 heterocycles. The van der Waals surface area contributed by atoms with Crippen LogP contribution in [0, 0.1) is 0 Å². The number of ether oxygens (including phenoxy) is 2. The van der Waals surface area contributed by atoms with Gasteiger partial charge in [0.1, 0.15) is 13.1 Å². The molecule has 0 aliphatic heterocycles. The van der Waals surface area contributed by atoms with Crippen LogP contribution in [-0.2, 0) is 19.6 Å². The third kappa shape index (κ3) is 9.49. The maximum atomic E-state index is 10.6. The number of hydrogen-bond acceptors (Lipinski definition) is 4. The molecule has 0 aliphatic rings. The van der Waals surface area contributed by atoms with E-state index in [0.29, 0.717) is 30.7 Å². The van der Waals surface area contributed by atoms with E-state index in [0.717, 1.165) is 13.1 Å². The summed E-state index contributed by atoms with van der Waals surface area (Å²) in [5.74, 6) is -0.194. The zero-order valence-corrected chi connectivity index (χ0v) is 11.7. The Hall–Kier alpha value is -0.210. The van der Waals surface area contributed by atoms with Crippen LogP contribution >= 0.6 is 0 Å². The molecule has 0 saturated heterocycles. The summed E-state index contributed by atoms with van der Waals surface area (Å²) in [6, 6.07) is 0. The lowest BCUT2D eigenvalue weighted by Gasteiger charge is -2.34. The van der Waals surface area contributed by atoms with E-state index >= 15 is 0 Å². The summed E-state index contributed by atoms with van der Waals surface area (Å²) in [6.07, 6.45) is 0.433. The fraction of sp³-hybridized carbons (Fsp3) is 1.00. The quantitative estimate of drug-likeness (QED) is 0.447. The van der Waals surface area contributed by atoms with Crippen LogP contribution in [0.1, 0.15) is 6.42 Å². The van der Waals surface area contributed by atoms with Gasteiger partial charge in [0.25, 0.3) is 10.1 Å². The lowest BCUT2D eigenvalue weighted by molar-refractivity contribution is -0.910. The smallest absolute Gasteiger partial charge is 0.265 e. The van der Waals surface area contributed by atoms with E-state index in [1.54, 1.807) is 14.2 Å². The molecule has 0 aromatic carbocycles. The van der Waals surface area contributed by atoms with E-state index in [9.17, 15) is 8.42 Å². The second kappa shape index (κ2) is 7.99. The fourth-order valence-electron chi connectivity index (χ4n) is 1.59. The first-order valence-electron chi connectivity index (χ1n) is 5.59. The molecule has 1 N–H and O–H groups in total. The Morgan fingerprint density at radius 2 is 1.53 bits per heavy atom. The van der Waals surface area contributed by atoms with E-state index in [4.69, 9.17) is 14.0 Å². The van der Waals surface area contributed by atoms with Crippen LogP contribution in [0.15, 0.2) is 0 Å². The largest absolute Gasteiger partial charge is 0.379 e. The number of rotatable bonds is 10. The van der Waals surface area contributed by atoms with Gasteiger partial charge in [-0.05, 0) is 0 Å². The van der Waals surface area contributed by atoms with Gasteiger partial charge in [0, 0.05) is 20.6 Å². The van der Waals surface area contributed by atoms with Crippen LogP contribution in [0.3, 0.4) is 0 Å². The van der Waals surface area contributed by atoms with Crippen LogP contribution in [0.4, 0.5) is 0 Å². The zero-order valence-electron chi connectivity index (χ0n) is 10.9. The van der Waals surface area contributed by atoms with E-state index in [1.807, 2.05) is 7.05 Å². The van der Waals surface area contributed by atoms with Crippen molar-refractivity contribution in [3.05, 3.63) is 0 Å². The molecule has 0 saturated carbocycles. The standard InChI is InChI=1S/C10H23NO5S/c1-11(6-8-15-2,7-9-16-3)5-4-10-17(12,13)14/h4-10H2,1-3H3/p+1. The molecular formula is C10H24NO5S+. The Balaban J connectivity index is 4.17.